The highest BCUT2D eigenvalue weighted by Crippen LogP contribution is 2.15. The Morgan fingerprint density at radius 1 is 1.25 bits per heavy atom. The highest BCUT2D eigenvalue weighted by atomic mass is 16.1. The number of nitrogens with zero attached hydrogens (tertiary/aromatic N) is 2. The summed E-state index contributed by atoms with van der Waals surface area (Å²) in [5.74, 6) is -0.134. The minimum absolute atomic E-state index is 0.134. The van der Waals surface area contributed by atoms with E-state index in [4.69, 9.17) is 0 Å². The van der Waals surface area contributed by atoms with Gasteiger partial charge < -0.3 is 5.32 Å². The molecule has 1 N–H and O–H groups in total. The topological polar surface area (TPSA) is 65.8 Å². The molecular formula is C16H13N3O. The van der Waals surface area contributed by atoms with Crippen LogP contribution in [-0.2, 0) is 0 Å². The van der Waals surface area contributed by atoms with Gasteiger partial charge in [-0.2, -0.15) is 5.26 Å². The van der Waals surface area contributed by atoms with Gasteiger partial charge in [0.25, 0.3) is 5.91 Å². The fourth-order valence-electron chi connectivity index (χ4n) is 1.73. The van der Waals surface area contributed by atoms with Crippen LogP contribution in [0.25, 0.3) is 11.6 Å². The molecule has 2 aromatic rings. The van der Waals surface area contributed by atoms with Gasteiger partial charge in [-0.25, -0.2) is 0 Å². The van der Waals surface area contributed by atoms with Crippen molar-refractivity contribution in [3.8, 4) is 6.07 Å². The number of rotatable bonds is 3. The van der Waals surface area contributed by atoms with Gasteiger partial charge in [-0.3, -0.25) is 9.78 Å². The van der Waals surface area contributed by atoms with Gasteiger partial charge in [0, 0.05) is 18.8 Å². The van der Waals surface area contributed by atoms with Crippen LogP contribution in [-0.4, -0.2) is 17.9 Å². The fraction of sp³-hybridized carbons (Fsp3) is 0.0625. The summed E-state index contributed by atoms with van der Waals surface area (Å²) in [6.07, 6.45) is 3.39. The maximum Gasteiger partial charge on any atom is 0.251 e. The number of nitriles is 1. The number of hydrogen-bond acceptors (Lipinski definition) is 3. The van der Waals surface area contributed by atoms with Crippen LogP contribution in [0.15, 0.2) is 48.7 Å². The first-order chi connectivity index (χ1) is 9.74. The number of allylic oxidation sites excluding steroid dienone is 1. The molecule has 1 aromatic heterocycles. The van der Waals surface area contributed by atoms with E-state index in [1.807, 2.05) is 6.07 Å². The normalized spacial score (nSPS) is 10.7. The SMILES string of the molecule is CNC(=O)c1ccc(/C=C(/C#N)c2ccccn2)cc1. The number of benzene rings is 1. The Kier molecular flexibility index (Phi) is 4.25. The molecule has 1 heterocycles. The smallest absolute Gasteiger partial charge is 0.251 e. The molecule has 20 heavy (non-hydrogen) atoms. The standard InChI is InChI=1S/C16H13N3O/c1-18-16(20)13-7-5-12(6-8-13)10-14(11-17)15-4-2-3-9-19-15/h2-10H,1H3,(H,18,20)/b14-10-. The van der Waals surface area contributed by atoms with Gasteiger partial charge in [0.15, 0.2) is 0 Å². The predicted molar refractivity (Wildman–Crippen MR) is 77.6 cm³/mol. The molecular weight excluding hydrogens is 250 g/mol. The maximum atomic E-state index is 11.4. The molecule has 0 unspecified atom stereocenters. The number of amides is 1. The number of carbonyl (C=O) groups excluding carboxylic acids is 1. The third-order valence-corrected chi connectivity index (χ3v) is 2.77. The molecule has 0 radical (unpaired) electrons. The Morgan fingerprint density at radius 2 is 2.00 bits per heavy atom. The predicted octanol–water partition coefficient (Wildman–Crippen LogP) is 2.51. The average molecular weight is 263 g/mol. The second kappa shape index (κ2) is 6.30. The van der Waals surface area contributed by atoms with Crippen molar-refractivity contribution in [3.63, 3.8) is 0 Å². The van der Waals surface area contributed by atoms with Crippen molar-refractivity contribution in [1.29, 1.82) is 5.26 Å². The van der Waals surface area contributed by atoms with E-state index in [1.54, 1.807) is 55.7 Å². The van der Waals surface area contributed by atoms with Crippen LogP contribution in [0, 0.1) is 11.3 Å². The number of nitrogens with one attached hydrogen (secondary N) is 1. The number of carbonyl (C=O) groups is 1. The van der Waals surface area contributed by atoms with Crippen LogP contribution in [0.4, 0.5) is 0 Å². The van der Waals surface area contributed by atoms with Crippen LogP contribution in [0.2, 0.25) is 0 Å². The molecule has 4 heteroatoms. The van der Waals surface area contributed by atoms with E-state index in [0.717, 1.165) is 5.56 Å². The third kappa shape index (κ3) is 3.09. The van der Waals surface area contributed by atoms with Crippen LogP contribution in [0.1, 0.15) is 21.6 Å². The van der Waals surface area contributed by atoms with E-state index in [-0.39, 0.29) is 5.91 Å². The zero-order chi connectivity index (χ0) is 14.4. The number of pyridine rings is 1. The molecule has 0 atom stereocenters. The summed E-state index contributed by atoms with van der Waals surface area (Å²) in [5, 5.41) is 11.8. The summed E-state index contributed by atoms with van der Waals surface area (Å²) in [4.78, 5) is 15.6. The van der Waals surface area contributed by atoms with E-state index < -0.39 is 0 Å². The largest absolute Gasteiger partial charge is 0.355 e. The Labute approximate surface area is 117 Å². The molecule has 0 bridgehead atoms. The summed E-state index contributed by atoms with van der Waals surface area (Å²) in [6.45, 7) is 0. The van der Waals surface area contributed by atoms with Crippen molar-refractivity contribution >= 4 is 17.6 Å². The molecule has 0 saturated carbocycles. The summed E-state index contributed by atoms with van der Waals surface area (Å²) >= 11 is 0. The molecule has 0 spiro atoms. The summed E-state index contributed by atoms with van der Waals surface area (Å²) in [7, 11) is 1.59. The molecule has 0 aliphatic rings. The van der Waals surface area contributed by atoms with Crippen LogP contribution in [0.5, 0.6) is 0 Å². The number of aromatic nitrogens is 1. The van der Waals surface area contributed by atoms with Crippen molar-refractivity contribution in [1.82, 2.24) is 10.3 Å². The van der Waals surface area contributed by atoms with Crippen LogP contribution < -0.4 is 5.32 Å². The van der Waals surface area contributed by atoms with Crippen molar-refractivity contribution in [2.24, 2.45) is 0 Å². The molecule has 0 aliphatic heterocycles. The molecule has 0 aliphatic carbocycles. The van der Waals surface area contributed by atoms with Gasteiger partial charge in [0.2, 0.25) is 0 Å². The third-order valence-electron chi connectivity index (χ3n) is 2.77. The quantitative estimate of drug-likeness (QED) is 0.865. The van der Waals surface area contributed by atoms with Gasteiger partial charge in [0.05, 0.1) is 11.3 Å². The van der Waals surface area contributed by atoms with Gasteiger partial charge in [0.1, 0.15) is 6.07 Å². The van der Waals surface area contributed by atoms with Gasteiger partial charge in [-0.15, -0.1) is 0 Å². The maximum absolute atomic E-state index is 11.4. The molecule has 1 amide bonds. The van der Waals surface area contributed by atoms with E-state index in [0.29, 0.717) is 16.8 Å². The Morgan fingerprint density at radius 3 is 2.55 bits per heavy atom. The van der Waals surface area contributed by atoms with E-state index in [2.05, 4.69) is 16.4 Å². The minimum Gasteiger partial charge on any atom is -0.355 e. The van der Waals surface area contributed by atoms with Crippen molar-refractivity contribution < 1.29 is 4.79 Å². The first kappa shape index (κ1) is 13.5. The zero-order valence-electron chi connectivity index (χ0n) is 11.0. The Balaban J connectivity index is 2.30. The molecule has 1 aromatic carbocycles. The van der Waals surface area contributed by atoms with Crippen molar-refractivity contribution in [3.05, 3.63) is 65.5 Å². The van der Waals surface area contributed by atoms with E-state index in [9.17, 15) is 10.1 Å². The first-order valence-electron chi connectivity index (χ1n) is 6.10. The summed E-state index contributed by atoms with van der Waals surface area (Å²) in [5.41, 5.74) is 2.55. The summed E-state index contributed by atoms with van der Waals surface area (Å²) < 4.78 is 0. The Bertz CT molecular complexity index is 667. The fourth-order valence-corrected chi connectivity index (χ4v) is 1.73. The number of hydrogen-bond donors (Lipinski definition) is 1. The van der Waals surface area contributed by atoms with Gasteiger partial charge >= 0.3 is 0 Å². The second-order valence-electron chi connectivity index (χ2n) is 4.09. The zero-order valence-corrected chi connectivity index (χ0v) is 11.0. The second-order valence-corrected chi connectivity index (χ2v) is 4.09. The molecule has 4 nitrogen and oxygen atoms in total. The molecule has 2 rings (SSSR count). The van der Waals surface area contributed by atoms with Crippen molar-refractivity contribution in [2.45, 2.75) is 0 Å². The lowest BCUT2D eigenvalue weighted by Crippen LogP contribution is -2.17. The lowest BCUT2D eigenvalue weighted by molar-refractivity contribution is 0.0963. The van der Waals surface area contributed by atoms with E-state index in [1.165, 1.54) is 0 Å². The Hall–Kier alpha value is -2.93. The molecule has 0 fully saturated rings. The highest BCUT2D eigenvalue weighted by molar-refractivity contribution is 5.94. The van der Waals surface area contributed by atoms with E-state index >= 15 is 0 Å². The lowest BCUT2D eigenvalue weighted by atomic mass is 10.1. The average Bonchev–Trinajstić information content (AvgIpc) is 2.53. The monoisotopic (exact) mass is 263 g/mol. The lowest BCUT2D eigenvalue weighted by Gasteiger charge is -2.01. The summed E-state index contributed by atoms with van der Waals surface area (Å²) in [6, 6.07) is 14.6. The van der Waals surface area contributed by atoms with Crippen LogP contribution in [0.3, 0.4) is 0 Å². The van der Waals surface area contributed by atoms with Gasteiger partial charge in [-0.05, 0) is 35.9 Å². The molecule has 98 valence electrons. The van der Waals surface area contributed by atoms with Crippen LogP contribution >= 0.6 is 0 Å². The first-order valence-corrected chi connectivity index (χ1v) is 6.10. The molecule has 0 saturated heterocycles. The minimum atomic E-state index is -0.134. The van der Waals surface area contributed by atoms with Gasteiger partial charge in [-0.1, -0.05) is 18.2 Å². The van der Waals surface area contributed by atoms with Crippen molar-refractivity contribution in [2.75, 3.05) is 7.05 Å². The highest BCUT2D eigenvalue weighted by Gasteiger charge is 2.04.